The Bertz CT molecular complexity index is 396. The van der Waals surface area contributed by atoms with Crippen molar-refractivity contribution in [3.05, 3.63) is 33.8 Å². The molecule has 92 valence electrons. The van der Waals surface area contributed by atoms with Gasteiger partial charge in [0.2, 0.25) is 0 Å². The van der Waals surface area contributed by atoms with E-state index in [0.29, 0.717) is 0 Å². The van der Waals surface area contributed by atoms with Crippen LogP contribution >= 0.6 is 15.9 Å². The molecular formula is C15H20BrN. The number of hydrogen-bond acceptors (Lipinski definition) is 1. The molecule has 0 saturated carbocycles. The second kappa shape index (κ2) is 5.11. The van der Waals surface area contributed by atoms with Gasteiger partial charge in [-0.25, -0.2) is 0 Å². The fourth-order valence-corrected chi connectivity index (χ4v) is 4.10. The third-order valence-electron chi connectivity index (χ3n) is 4.24. The van der Waals surface area contributed by atoms with Gasteiger partial charge in [0.1, 0.15) is 0 Å². The highest BCUT2D eigenvalue weighted by molar-refractivity contribution is 9.10. The molecule has 2 aliphatic rings. The van der Waals surface area contributed by atoms with Crippen molar-refractivity contribution < 1.29 is 0 Å². The number of nitrogens with zero attached hydrogens (tertiary/aromatic N) is 1. The van der Waals surface area contributed by atoms with Crippen LogP contribution in [0, 0.1) is 0 Å². The van der Waals surface area contributed by atoms with E-state index in [2.05, 4.69) is 39.0 Å². The summed E-state index contributed by atoms with van der Waals surface area (Å²) in [4.78, 5) is 2.67. The highest BCUT2D eigenvalue weighted by atomic mass is 79.9. The van der Waals surface area contributed by atoms with E-state index in [9.17, 15) is 0 Å². The molecule has 0 N–H and O–H groups in total. The van der Waals surface area contributed by atoms with E-state index in [4.69, 9.17) is 0 Å². The first-order chi connectivity index (χ1) is 8.34. The molecule has 1 aliphatic carbocycles. The molecule has 2 heteroatoms. The summed E-state index contributed by atoms with van der Waals surface area (Å²) in [5.41, 5.74) is 3.17. The summed E-state index contributed by atoms with van der Waals surface area (Å²) in [5, 5.41) is 0. The molecule has 0 aromatic heterocycles. The lowest BCUT2D eigenvalue weighted by molar-refractivity contribution is 0.215. The summed E-state index contributed by atoms with van der Waals surface area (Å²) in [6.45, 7) is 3.90. The first-order valence-corrected chi connectivity index (χ1v) is 7.63. The van der Waals surface area contributed by atoms with Crippen molar-refractivity contribution in [2.45, 2.75) is 38.0 Å². The third kappa shape index (κ3) is 2.43. The first-order valence-electron chi connectivity index (χ1n) is 6.84. The Balaban J connectivity index is 1.74. The summed E-state index contributed by atoms with van der Waals surface area (Å²) < 4.78 is 1.33. The highest BCUT2D eigenvalue weighted by Gasteiger charge is 2.26. The minimum Gasteiger partial charge on any atom is -0.303 e. The molecule has 1 saturated heterocycles. The van der Waals surface area contributed by atoms with Gasteiger partial charge >= 0.3 is 0 Å². The lowest BCUT2D eigenvalue weighted by Gasteiger charge is -2.29. The predicted molar refractivity (Wildman–Crippen MR) is 75.5 cm³/mol. The van der Waals surface area contributed by atoms with Crippen LogP contribution < -0.4 is 0 Å². The first kappa shape index (κ1) is 11.7. The molecule has 1 aromatic rings. The van der Waals surface area contributed by atoms with Crippen LogP contribution in [0.5, 0.6) is 0 Å². The van der Waals surface area contributed by atoms with E-state index in [1.165, 1.54) is 56.2 Å². The molecule has 1 unspecified atom stereocenters. The second-order valence-electron chi connectivity index (χ2n) is 5.41. The van der Waals surface area contributed by atoms with Gasteiger partial charge in [0.15, 0.2) is 0 Å². The van der Waals surface area contributed by atoms with E-state index in [0.717, 1.165) is 5.92 Å². The number of halogens is 1. The van der Waals surface area contributed by atoms with Crippen molar-refractivity contribution in [2.24, 2.45) is 0 Å². The lowest BCUT2D eigenvalue weighted by Crippen LogP contribution is -2.33. The smallest absolute Gasteiger partial charge is 0.0213 e. The minimum atomic E-state index is 0.763. The Morgan fingerprint density at radius 1 is 1.18 bits per heavy atom. The SMILES string of the molecule is Brc1cccc2c1C(CN1CCCCC1)CC2. The standard InChI is InChI=1S/C15H20BrN/c16-14-6-4-5-12-7-8-13(15(12)14)11-17-9-2-1-3-10-17/h4-6,13H,1-3,7-11H2. The maximum absolute atomic E-state index is 3.73. The fraction of sp³-hybridized carbons (Fsp3) is 0.600. The van der Waals surface area contributed by atoms with Crippen LogP contribution in [-0.2, 0) is 6.42 Å². The topological polar surface area (TPSA) is 3.24 Å². The van der Waals surface area contributed by atoms with Crippen molar-refractivity contribution in [3.8, 4) is 0 Å². The van der Waals surface area contributed by atoms with Crippen molar-refractivity contribution in [2.75, 3.05) is 19.6 Å². The molecule has 1 aliphatic heterocycles. The van der Waals surface area contributed by atoms with E-state index in [1.807, 2.05) is 0 Å². The van der Waals surface area contributed by atoms with Gasteiger partial charge in [0.05, 0.1) is 0 Å². The monoisotopic (exact) mass is 293 g/mol. The van der Waals surface area contributed by atoms with Crippen molar-refractivity contribution in [1.82, 2.24) is 4.90 Å². The van der Waals surface area contributed by atoms with Crippen LogP contribution in [0.2, 0.25) is 0 Å². The zero-order valence-corrected chi connectivity index (χ0v) is 11.9. The molecule has 1 fully saturated rings. The Morgan fingerprint density at radius 2 is 2.00 bits per heavy atom. The average Bonchev–Trinajstić information content (AvgIpc) is 2.75. The van der Waals surface area contributed by atoms with Gasteiger partial charge in [-0.15, -0.1) is 0 Å². The maximum atomic E-state index is 3.73. The molecule has 1 heterocycles. The fourth-order valence-electron chi connectivity index (χ4n) is 3.37. The molecule has 0 amide bonds. The van der Waals surface area contributed by atoms with Crippen molar-refractivity contribution >= 4 is 15.9 Å². The van der Waals surface area contributed by atoms with Crippen LogP contribution in [0.3, 0.4) is 0 Å². The molecule has 0 spiro atoms. The van der Waals surface area contributed by atoms with Gasteiger partial charge in [-0.2, -0.15) is 0 Å². The summed E-state index contributed by atoms with van der Waals surface area (Å²) in [5.74, 6) is 0.763. The van der Waals surface area contributed by atoms with E-state index >= 15 is 0 Å². The van der Waals surface area contributed by atoms with Crippen molar-refractivity contribution in [1.29, 1.82) is 0 Å². The summed E-state index contributed by atoms with van der Waals surface area (Å²) in [7, 11) is 0. The Morgan fingerprint density at radius 3 is 2.82 bits per heavy atom. The molecule has 0 bridgehead atoms. The van der Waals surface area contributed by atoms with Gasteiger partial charge in [-0.3, -0.25) is 0 Å². The third-order valence-corrected chi connectivity index (χ3v) is 4.93. The van der Waals surface area contributed by atoms with Gasteiger partial charge < -0.3 is 4.90 Å². The van der Waals surface area contributed by atoms with Gasteiger partial charge in [-0.1, -0.05) is 34.5 Å². The van der Waals surface area contributed by atoms with Crippen LogP contribution in [0.1, 0.15) is 42.7 Å². The number of benzene rings is 1. The largest absolute Gasteiger partial charge is 0.303 e. The zero-order valence-electron chi connectivity index (χ0n) is 10.3. The van der Waals surface area contributed by atoms with Crippen LogP contribution in [0.4, 0.5) is 0 Å². The number of fused-ring (bicyclic) bond motifs is 1. The van der Waals surface area contributed by atoms with Crippen LogP contribution in [0.15, 0.2) is 22.7 Å². The lowest BCUT2D eigenvalue weighted by atomic mass is 9.99. The van der Waals surface area contributed by atoms with Gasteiger partial charge in [0, 0.05) is 11.0 Å². The van der Waals surface area contributed by atoms with E-state index < -0.39 is 0 Å². The second-order valence-corrected chi connectivity index (χ2v) is 6.26. The summed E-state index contributed by atoms with van der Waals surface area (Å²) >= 11 is 3.73. The van der Waals surface area contributed by atoms with E-state index in [-0.39, 0.29) is 0 Å². The molecular weight excluding hydrogens is 274 g/mol. The molecule has 3 rings (SSSR count). The van der Waals surface area contributed by atoms with Gasteiger partial charge in [-0.05, 0) is 61.9 Å². The van der Waals surface area contributed by atoms with Crippen LogP contribution in [-0.4, -0.2) is 24.5 Å². The maximum Gasteiger partial charge on any atom is 0.0213 e. The predicted octanol–water partition coefficient (Wildman–Crippen LogP) is 3.96. The zero-order chi connectivity index (χ0) is 11.7. The molecule has 17 heavy (non-hydrogen) atoms. The minimum absolute atomic E-state index is 0.763. The average molecular weight is 294 g/mol. The summed E-state index contributed by atoms with van der Waals surface area (Å²) in [6.07, 6.45) is 6.84. The summed E-state index contributed by atoms with van der Waals surface area (Å²) in [6, 6.07) is 6.68. The quantitative estimate of drug-likeness (QED) is 0.798. The number of hydrogen-bond donors (Lipinski definition) is 0. The Labute approximate surface area is 112 Å². The Kier molecular flexibility index (Phi) is 3.53. The highest BCUT2D eigenvalue weighted by Crippen LogP contribution is 2.38. The number of rotatable bonds is 2. The van der Waals surface area contributed by atoms with E-state index in [1.54, 1.807) is 11.1 Å². The molecule has 1 aromatic carbocycles. The normalized spacial score (nSPS) is 24.9. The number of aryl methyl sites for hydroxylation is 1. The van der Waals surface area contributed by atoms with Crippen molar-refractivity contribution in [3.63, 3.8) is 0 Å². The molecule has 0 radical (unpaired) electrons. The van der Waals surface area contributed by atoms with Crippen LogP contribution in [0.25, 0.3) is 0 Å². The number of piperidine rings is 1. The Hall–Kier alpha value is -0.340. The number of likely N-dealkylation sites (tertiary alicyclic amines) is 1. The van der Waals surface area contributed by atoms with Gasteiger partial charge in [0.25, 0.3) is 0 Å². The molecule has 1 atom stereocenters. The molecule has 1 nitrogen and oxygen atoms in total.